The summed E-state index contributed by atoms with van der Waals surface area (Å²) in [6.07, 6.45) is 3.15. The molecule has 0 aliphatic heterocycles. The highest BCUT2D eigenvalue weighted by molar-refractivity contribution is 6.01. The van der Waals surface area contributed by atoms with E-state index in [0.29, 0.717) is 5.56 Å². The van der Waals surface area contributed by atoms with Gasteiger partial charge in [-0.1, -0.05) is 24.3 Å². The molecule has 0 saturated carbocycles. The summed E-state index contributed by atoms with van der Waals surface area (Å²) in [7, 11) is 0. The lowest BCUT2D eigenvalue weighted by Gasteiger charge is -2.00. The van der Waals surface area contributed by atoms with Gasteiger partial charge in [-0.2, -0.15) is 5.10 Å². The minimum Gasteiger partial charge on any atom is -0.368 e. The van der Waals surface area contributed by atoms with Crippen molar-refractivity contribution in [3.05, 3.63) is 76.0 Å². The number of hydrazone groups is 1. The Morgan fingerprint density at radius 1 is 1.22 bits per heavy atom. The van der Waals surface area contributed by atoms with E-state index in [1.54, 1.807) is 10.8 Å². The number of hydrogen-bond donors (Lipinski definition) is 2. The fourth-order valence-electron chi connectivity index (χ4n) is 2.66. The first-order valence-electron chi connectivity index (χ1n) is 7.90. The van der Waals surface area contributed by atoms with Crippen LogP contribution in [0.5, 0.6) is 0 Å². The number of benzene rings is 2. The van der Waals surface area contributed by atoms with Crippen molar-refractivity contribution in [2.75, 3.05) is 0 Å². The Labute approximate surface area is 153 Å². The van der Waals surface area contributed by atoms with Crippen LogP contribution in [-0.2, 0) is 11.3 Å². The first kappa shape index (κ1) is 17.8. The van der Waals surface area contributed by atoms with E-state index in [-0.39, 0.29) is 17.8 Å². The summed E-state index contributed by atoms with van der Waals surface area (Å²) < 4.78 is 1.70. The van der Waals surface area contributed by atoms with Crippen LogP contribution in [-0.4, -0.2) is 27.5 Å². The summed E-state index contributed by atoms with van der Waals surface area (Å²) in [6.45, 7) is 0.0222. The molecule has 0 unspecified atom stereocenters. The number of nitrogens with two attached hydrogens (primary N) is 1. The maximum atomic E-state index is 12.1. The summed E-state index contributed by atoms with van der Waals surface area (Å²) in [5, 5.41) is 15.5. The van der Waals surface area contributed by atoms with Gasteiger partial charge in [-0.25, -0.2) is 5.43 Å². The number of nitro groups is 1. The number of carbonyl (C=O) groups is 2. The highest BCUT2D eigenvalue weighted by Crippen LogP contribution is 2.20. The monoisotopic (exact) mass is 365 g/mol. The van der Waals surface area contributed by atoms with Crippen LogP contribution >= 0.6 is 0 Å². The Kier molecular flexibility index (Phi) is 4.93. The number of non-ortho nitro benzene ring substituents is 1. The molecule has 0 saturated heterocycles. The third kappa shape index (κ3) is 3.98. The van der Waals surface area contributed by atoms with Crippen LogP contribution in [0, 0.1) is 10.1 Å². The van der Waals surface area contributed by atoms with Crippen molar-refractivity contribution in [1.82, 2.24) is 9.99 Å². The van der Waals surface area contributed by atoms with E-state index in [1.165, 1.54) is 30.5 Å². The molecule has 9 nitrogen and oxygen atoms in total. The van der Waals surface area contributed by atoms with Crippen molar-refractivity contribution in [2.24, 2.45) is 10.8 Å². The predicted octanol–water partition coefficient (Wildman–Crippen LogP) is 1.80. The van der Waals surface area contributed by atoms with E-state index in [4.69, 9.17) is 5.73 Å². The van der Waals surface area contributed by atoms with E-state index in [0.717, 1.165) is 10.9 Å². The molecule has 0 radical (unpaired) electrons. The second-order valence-electron chi connectivity index (χ2n) is 5.70. The number of amides is 2. The number of para-hydroxylation sites is 1. The molecule has 0 fully saturated rings. The minimum atomic E-state index is -0.576. The zero-order valence-electron chi connectivity index (χ0n) is 14.0. The summed E-state index contributed by atoms with van der Waals surface area (Å²) in [6, 6.07) is 12.7. The number of nitro benzene ring substituents is 1. The molecule has 2 aromatic carbocycles. The smallest absolute Gasteiger partial charge is 0.271 e. The van der Waals surface area contributed by atoms with Crippen LogP contribution in [0.4, 0.5) is 5.69 Å². The fourth-order valence-corrected chi connectivity index (χ4v) is 2.66. The van der Waals surface area contributed by atoms with Crippen LogP contribution in [0.25, 0.3) is 10.9 Å². The topological polar surface area (TPSA) is 133 Å². The van der Waals surface area contributed by atoms with E-state index < -0.39 is 16.7 Å². The lowest BCUT2D eigenvalue weighted by Crippen LogP contribution is -2.18. The highest BCUT2D eigenvalue weighted by atomic mass is 16.6. The average molecular weight is 365 g/mol. The molecule has 3 aromatic rings. The van der Waals surface area contributed by atoms with Gasteiger partial charge < -0.3 is 10.3 Å². The number of nitrogens with zero attached hydrogens (tertiary/aromatic N) is 3. The second-order valence-corrected chi connectivity index (χ2v) is 5.70. The zero-order valence-corrected chi connectivity index (χ0v) is 14.0. The molecule has 0 spiro atoms. The molecule has 0 aliphatic carbocycles. The summed E-state index contributed by atoms with van der Waals surface area (Å²) in [4.78, 5) is 33.5. The van der Waals surface area contributed by atoms with Gasteiger partial charge in [0.1, 0.15) is 6.54 Å². The lowest BCUT2D eigenvalue weighted by molar-refractivity contribution is -0.384. The molecule has 3 N–H and O–H groups in total. The molecule has 0 aliphatic rings. The first-order chi connectivity index (χ1) is 13.0. The van der Waals surface area contributed by atoms with Crippen LogP contribution in [0.3, 0.4) is 0 Å². The largest absolute Gasteiger partial charge is 0.368 e. The Morgan fingerprint density at radius 3 is 2.74 bits per heavy atom. The summed E-state index contributed by atoms with van der Waals surface area (Å²) in [5.74, 6) is -1.05. The van der Waals surface area contributed by atoms with Gasteiger partial charge in [-0.15, -0.1) is 0 Å². The molecule has 1 heterocycles. The number of rotatable bonds is 6. The minimum absolute atomic E-state index is 0.0222. The van der Waals surface area contributed by atoms with Crippen LogP contribution < -0.4 is 11.2 Å². The normalized spacial score (nSPS) is 11.0. The Bertz CT molecular complexity index is 1070. The van der Waals surface area contributed by atoms with Gasteiger partial charge in [-0.3, -0.25) is 19.7 Å². The molecule has 1 aromatic heterocycles. The first-order valence-corrected chi connectivity index (χ1v) is 7.90. The van der Waals surface area contributed by atoms with Crippen molar-refractivity contribution in [2.45, 2.75) is 6.54 Å². The average Bonchev–Trinajstić information content (AvgIpc) is 2.99. The second kappa shape index (κ2) is 7.48. The molecule has 0 bridgehead atoms. The van der Waals surface area contributed by atoms with E-state index in [1.807, 2.05) is 24.3 Å². The third-order valence-corrected chi connectivity index (χ3v) is 3.83. The Morgan fingerprint density at radius 2 is 2.00 bits per heavy atom. The predicted molar refractivity (Wildman–Crippen MR) is 99.3 cm³/mol. The Balaban J connectivity index is 1.80. The number of nitrogens with one attached hydrogen (secondary N) is 1. The molecular weight excluding hydrogens is 350 g/mol. The van der Waals surface area contributed by atoms with Gasteiger partial charge in [0, 0.05) is 40.4 Å². The SMILES string of the molecule is NC(=O)Cn1cc(C=NNC(=O)c2cccc([N+](=O)[O-])c2)c2ccccc21. The molecule has 136 valence electrons. The molecule has 0 atom stereocenters. The van der Waals surface area contributed by atoms with E-state index in [2.05, 4.69) is 10.5 Å². The lowest BCUT2D eigenvalue weighted by atomic mass is 10.2. The Hall–Kier alpha value is -4.01. The quantitative estimate of drug-likeness (QED) is 0.391. The molecule has 2 amide bonds. The van der Waals surface area contributed by atoms with Crippen LogP contribution in [0.1, 0.15) is 15.9 Å². The highest BCUT2D eigenvalue weighted by Gasteiger charge is 2.11. The van der Waals surface area contributed by atoms with Crippen molar-refractivity contribution < 1.29 is 14.5 Å². The van der Waals surface area contributed by atoms with Crippen molar-refractivity contribution >= 4 is 34.6 Å². The summed E-state index contributed by atoms with van der Waals surface area (Å²) in [5.41, 5.74) is 9.04. The van der Waals surface area contributed by atoms with Crippen LogP contribution in [0.15, 0.2) is 59.8 Å². The number of carbonyl (C=O) groups excluding carboxylic acids is 2. The molecular formula is C18H15N5O4. The van der Waals surface area contributed by atoms with Gasteiger partial charge in [-0.05, 0) is 12.1 Å². The van der Waals surface area contributed by atoms with E-state index >= 15 is 0 Å². The summed E-state index contributed by atoms with van der Waals surface area (Å²) >= 11 is 0. The fraction of sp³-hybridized carbons (Fsp3) is 0.0556. The maximum Gasteiger partial charge on any atom is 0.271 e. The zero-order chi connectivity index (χ0) is 19.4. The molecule has 3 rings (SSSR count). The van der Waals surface area contributed by atoms with Gasteiger partial charge in [0.2, 0.25) is 5.91 Å². The van der Waals surface area contributed by atoms with Crippen LogP contribution in [0.2, 0.25) is 0 Å². The van der Waals surface area contributed by atoms with Gasteiger partial charge in [0.25, 0.3) is 11.6 Å². The van der Waals surface area contributed by atoms with Gasteiger partial charge in [0.15, 0.2) is 0 Å². The molecule has 27 heavy (non-hydrogen) atoms. The standard InChI is InChI=1S/C18H15N5O4/c19-17(24)11-22-10-13(15-6-1-2-7-16(15)22)9-20-21-18(25)12-4-3-5-14(8-12)23(26)27/h1-10H,11H2,(H2,19,24)(H,21,25). The van der Waals surface area contributed by atoms with Crippen molar-refractivity contribution in [1.29, 1.82) is 0 Å². The van der Waals surface area contributed by atoms with Gasteiger partial charge >= 0.3 is 0 Å². The molecule has 9 heteroatoms. The van der Waals surface area contributed by atoms with Crippen molar-refractivity contribution in [3.63, 3.8) is 0 Å². The number of aromatic nitrogens is 1. The maximum absolute atomic E-state index is 12.1. The number of primary amides is 1. The number of fused-ring (bicyclic) bond motifs is 1. The number of hydrogen-bond acceptors (Lipinski definition) is 5. The van der Waals surface area contributed by atoms with E-state index in [9.17, 15) is 19.7 Å². The van der Waals surface area contributed by atoms with Gasteiger partial charge in [0.05, 0.1) is 11.1 Å². The van der Waals surface area contributed by atoms with Crippen molar-refractivity contribution in [3.8, 4) is 0 Å². The third-order valence-electron chi connectivity index (χ3n) is 3.83.